The fraction of sp³-hybridized carbons (Fsp3) is 0.231. The van der Waals surface area contributed by atoms with Crippen molar-refractivity contribution in [2.24, 2.45) is 0 Å². The Kier molecular flexibility index (Phi) is 4.09. The number of hydrogen-bond acceptors (Lipinski definition) is 4. The summed E-state index contributed by atoms with van der Waals surface area (Å²) in [6, 6.07) is 3.26. The molecule has 20 heavy (non-hydrogen) atoms. The average molecular weight is 282 g/mol. The molecule has 7 heteroatoms. The van der Waals surface area contributed by atoms with Gasteiger partial charge in [0.2, 0.25) is 0 Å². The van der Waals surface area contributed by atoms with Crippen molar-refractivity contribution in [3.8, 4) is 0 Å². The second-order valence-electron chi connectivity index (χ2n) is 4.12. The Balaban J connectivity index is 2.04. The van der Waals surface area contributed by atoms with Gasteiger partial charge in [0.15, 0.2) is 12.1 Å². The fourth-order valence-electron chi connectivity index (χ4n) is 1.73. The molecule has 0 saturated heterocycles. The predicted octanol–water partition coefficient (Wildman–Crippen LogP) is 1.72. The Bertz CT molecular complexity index is 608. The number of aryl methyl sites for hydroxylation is 1. The number of nitrogens with zero attached hydrogens (tertiary/aromatic N) is 1. The molecule has 1 aromatic heterocycles. The van der Waals surface area contributed by atoms with Crippen LogP contribution in [0.5, 0.6) is 0 Å². The van der Waals surface area contributed by atoms with Crippen molar-refractivity contribution < 1.29 is 23.1 Å². The number of carbonyl (C=O) groups excluding carboxylic acids is 1. The summed E-state index contributed by atoms with van der Waals surface area (Å²) in [4.78, 5) is 15.4. The zero-order valence-electron chi connectivity index (χ0n) is 10.6. The second-order valence-corrected chi connectivity index (χ2v) is 4.12. The van der Waals surface area contributed by atoms with Crippen molar-refractivity contribution in [1.82, 2.24) is 10.3 Å². The van der Waals surface area contributed by atoms with E-state index in [9.17, 15) is 18.7 Å². The maximum Gasteiger partial charge on any atom is 0.273 e. The van der Waals surface area contributed by atoms with Crippen LogP contribution in [0.25, 0.3) is 0 Å². The molecule has 0 radical (unpaired) electrons. The summed E-state index contributed by atoms with van der Waals surface area (Å²) in [6.07, 6.45) is -0.385. The van der Waals surface area contributed by atoms with Crippen LogP contribution in [0.2, 0.25) is 0 Å². The summed E-state index contributed by atoms with van der Waals surface area (Å²) in [5.41, 5.74) is -0.420. The molecule has 0 aliphatic carbocycles. The van der Waals surface area contributed by atoms with Crippen LogP contribution in [0, 0.1) is 18.6 Å². The lowest BCUT2D eigenvalue weighted by Crippen LogP contribution is -2.29. The van der Waals surface area contributed by atoms with Crippen LogP contribution in [0.15, 0.2) is 29.0 Å². The minimum atomic E-state index is -1.49. The van der Waals surface area contributed by atoms with E-state index < -0.39 is 29.2 Å². The summed E-state index contributed by atoms with van der Waals surface area (Å²) < 4.78 is 31.7. The molecule has 1 heterocycles. The minimum absolute atomic E-state index is 0.0613. The number of halogens is 2. The van der Waals surface area contributed by atoms with Gasteiger partial charge in [0.1, 0.15) is 23.5 Å². The molecule has 106 valence electrons. The number of carbonyl (C=O) groups is 1. The normalized spacial score (nSPS) is 12.2. The smallest absolute Gasteiger partial charge is 0.273 e. The van der Waals surface area contributed by atoms with E-state index in [4.69, 9.17) is 4.42 Å². The molecule has 0 bridgehead atoms. The Hall–Kier alpha value is -2.28. The number of rotatable bonds is 4. The van der Waals surface area contributed by atoms with Crippen molar-refractivity contribution in [3.63, 3.8) is 0 Å². The van der Waals surface area contributed by atoms with Gasteiger partial charge in [-0.2, -0.15) is 0 Å². The first-order valence-electron chi connectivity index (χ1n) is 5.81. The molecular weight excluding hydrogens is 270 g/mol. The predicted molar refractivity (Wildman–Crippen MR) is 64.9 cm³/mol. The van der Waals surface area contributed by atoms with E-state index in [-0.39, 0.29) is 12.2 Å². The molecule has 0 spiro atoms. The summed E-state index contributed by atoms with van der Waals surface area (Å²) in [6.45, 7) is 1.21. The third kappa shape index (κ3) is 2.83. The third-order valence-corrected chi connectivity index (χ3v) is 2.75. The van der Waals surface area contributed by atoms with E-state index in [0.29, 0.717) is 5.76 Å². The van der Waals surface area contributed by atoms with Gasteiger partial charge in [-0.05, 0) is 19.1 Å². The first-order valence-corrected chi connectivity index (χ1v) is 5.81. The molecule has 2 rings (SSSR count). The van der Waals surface area contributed by atoms with Crippen molar-refractivity contribution in [2.75, 3.05) is 6.54 Å². The Morgan fingerprint density at radius 3 is 2.65 bits per heavy atom. The third-order valence-electron chi connectivity index (χ3n) is 2.75. The van der Waals surface area contributed by atoms with Gasteiger partial charge in [-0.25, -0.2) is 13.8 Å². The fourth-order valence-corrected chi connectivity index (χ4v) is 1.73. The van der Waals surface area contributed by atoms with Gasteiger partial charge in [0.05, 0.1) is 5.56 Å². The van der Waals surface area contributed by atoms with E-state index in [0.717, 1.165) is 18.5 Å². The van der Waals surface area contributed by atoms with E-state index in [1.165, 1.54) is 6.07 Å². The summed E-state index contributed by atoms with van der Waals surface area (Å²) in [5, 5.41) is 12.1. The van der Waals surface area contributed by atoms with Gasteiger partial charge in [0, 0.05) is 6.54 Å². The zero-order chi connectivity index (χ0) is 14.7. The Labute approximate surface area is 113 Å². The first-order chi connectivity index (χ1) is 9.50. The SMILES string of the molecule is Cc1ocnc1C(=O)NCC(O)c1c(F)cccc1F. The van der Waals surface area contributed by atoms with Crippen LogP contribution < -0.4 is 5.32 Å². The standard InChI is InChI=1S/C13H12F2N2O3/c1-7-12(17-6-20-7)13(19)16-5-10(18)11-8(14)3-2-4-9(11)15/h2-4,6,10,18H,5H2,1H3,(H,16,19). The maximum absolute atomic E-state index is 13.4. The van der Waals surface area contributed by atoms with Gasteiger partial charge in [-0.3, -0.25) is 4.79 Å². The van der Waals surface area contributed by atoms with Crippen LogP contribution in [0.1, 0.15) is 27.9 Å². The Morgan fingerprint density at radius 1 is 1.45 bits per heavy atom. The van der Waals surface area contributed by atoms with E-state index in [1.54, 1.807) is 6.92 Å². The molecule has 1 amide bonds. The van der Waals surface area contributed by atoms with Crippen LogP contribution in [-0.4, -0.2) is 22.5 Å². The molecule has 1 atom stereocenters. The highest BCUT2D eigenvalue weighted by molar-refractivity contribution is 5.93. The highest BCUT2D eigenvalue weighted by Gasteiger charge is 2.20. The van der Waals surface area contributed by atoms with E-state index >= 15 is 0 Å². The quantitative estimate of drug-likeness (QED) is 0.895. The van der Waals surface area contributed by atoms with Crippen LogP contribution >= 0.6 is 0 Å². The largest absolute Gasteiger partial charge is 0.448 e. The van der Waals surface area contributed by atoms with E-state index in [1.807, 2.05) is 0 Å². The molecule has 0 fully saturated rings. The number of aliphatic hydroxyl groups is 1. The molecule has 0 aliphatic heterocycles. The molecule has 5 nitrogen and oxygen atoms in total. The first kappa shape index (κ1) is 14.1. The lowest BCUT2D eigenvalue weighted by atomic mass is 10.1. The molecule has 0 aliphatic rings. The van der Waals surface area contributed by atoms with Crippen molar-refractivity contribution in [3.05, 3.63) is 53.2 Å². The summed E-state index contributed by atoms with van der Waals surface area (Å²) in [5.74, 6) is -2.02. The van der Waals surface area contributed by atoms with Gasteiger partial charge in [-0.1, -0.05) is 6.07 Å². The molecule has 0 saturated carbocycles. The number of benzene rings is 1. The lowest BCUT2D eigenvalue weighted by molar-refractivity contribution is 0.0905. The zero-order valence-corrected chi connectivity index (χ0v) is 10.6. The topological polar surface area (TPSA) is 75.4 Å². The average Bonchev–Trinajstić information content (AvgIpc) is 2.82. The Morgan fingerprint density at radius 2 is 2.10 bits per heavy atom. The highest BCUT2D eigenvalue weighted by atomic mass is 19.1. The summed E-state index contributed by atoms with van der Waals surface area (Å²) >= 11 is 0. The van der Waals surface area contributed by atoms with Gasteiger partial charge >= 0.3 is 0 Å². The van der Waals surface area contributed by atoms with Gasteiger partial charge < -0.3 is 14.8 Å². The van der Waals surface area contributed by atoms with E-state index in [2.05, 4.69) is 10.3 Å². The maximum atomic E-state index is 13.4. The van der Waals surface area contributed by atoms with Crippen LogP contribution in [0.3, 0.4) is 0 Å². The highest BCUT2D eigenvalue weighted by Crippen LogP contribution is 2.20. The van der Waals surface area contributed by atoms with Gasteiger partial charge in [0.25, 0.3) is 5.91 Å². The molecule has 2 aromatic rings. The second kappa shape index (κ2) is 5.79. The van der Waals surface area contributed by atoms with Crippen LogP contribution in [-0.2, 0) is 0 Å². The van der Waals surface area contributed by atoms with Crippen molar-refractivity contribution >= 4 is 5.91 Å². The van der Waals surface area contributed by atoms with Crippen molar-refractivity contribution in [1.29, 1.82) is 0 Å². The van der Waals surface area contributed by atoms with Gasteiger partial charge in [-0.15, -0.1) is 0 Å². The molecule has 1 unspecified atom stereocenters. The minimum Gasteiger partial charge on any atom is -0.448 e. The lowest BCUT2D eigenvalue weighted by Gasteiger charge is -2.13. The number of amides is 1. The van der Waals surface area contributed by atoms with Crippen LogP contribution in [0.4, 0.5) is 8.78 Å². The number of nitrogens with one attached hydrogen (secondary N) is 1. The number of aromatic nitrogens is 1. The number of hydrogen-bond donors (Lipinski definition) is 2. The number of oxazole rings is 1. The number of aliphatic hydroxyl groups excluding tert-OH is 1. The van der Waals surface area contributed by atoms with Crippen molar-refractivity contribution in [2.45, 2.75) is 13.0 Å². The molecule has 1 aromatic carbocycles. The monoisotopic (exact) mass is 282 g/mol. The molecule has 2 N–H and O–H groups in total. The molecular formula is C13H12F2N2O3. The summed E-state index contributed by atoms with van der Waals surface area (Å²) in [7, 11) is 0.